The molecule has 3 aromatic rings. The van der Waals surface area contributed by atoms with Crippen LogP contribution in [0.15, 0.2) is 65.4 Å². The highest BCUT2D eigenvalue weighted by Crippen LogP contribution is 2.15. The topological polar surface area (TPSA) is 66.9 Å². The zero-order chi connectivity index (χ0) is 17.6. The van der Waals surface area contributed by atoms with Gasteiger partial charge in [0.05, 0.1) is 0 Å². The van der Waals surface area contributed by atoms with Crippen LogP contribution in [0.2, 0.25) is 0 Å². The minimum absolute atomic E-state index is 0.275. The summed E-state index contributed by atoms with van der Waals surface area (Å²) in [5, 5.41) is 6.03. The molecule has 1 heterocycles. The summed E-state index contributed by atoms with van der Waals surface area (Å²) in [6.45, 7) is 2.69. The predicted octanol–water partition coefficient (Wildman–Crippen LogP) is 4.41. The molecule has 0 fully saturated rings. The van der Waals surface area contributed by atoms with Crippen molar-refractivity contribution in [1.29, 1.82) is 0 Å². The molecule has 0 unspecified atom stereocenters. The first-order valence-corrected chi connectivity index (χ1v) is 8.58. The molecule has 6 heteroatoms. The van der Waals surface area contributed by atoms with E-state index >= 15 is 0 Å². The van der Waals surface area contributed by atoms with Crippen LogP contribution in [0.4, 0.5) is 11.5 Å². The molecule has 0 saturated carbocycles. The van der Waals surface area contributed by atoms with E-state index in [1.165, 1.54) is 11.9 Å². The maximum absolute atomic E-state index is 12.3. The molecule has 25 heavy (non-hydrogen) atoms. The Bertz CT molecular complexity index is 881. The lowest BCUT2D eigenvalue weighted by Gasteiger charge is -2.08. The Morgan fingerprint density at radius 3 is 2.64 bits per heavy atom. The van der Waals surface area contributed by atoms with Crippen molar-refractivity contribution in [3.05, 3.63) is 82.2 Å². The van der Waals surface area contributed by atoms with Crippen LogP contribution in [-0.4, -0.2) is 15.9 Å². The first-order chi connectivity index (χ1) is 12.1. The van der Waals surface area contributed by atoms with E-state index in [1.807, 2.05) is 36.4 Å². The molecule has 0 saturated heterocycles. The molecule has 2 aromatic carbocycles. The predicted molar refractivity (Wildman–Crippen MR) is 103 cm³/mol. The second-order valence-electron chi connectivity index (χ2n) is 5.59. The molecular formula is C19H17BrN4O. The van der Waals surface area contributed by atoms with E-state index in [0.717, 1.165) is 10.0 Å². The van der Waals surface area contributed by atoms with Gasteiger partial charge < -0.3 is 10.6 Å². The number of carbonyl (C=O) groups excluding carboxylic acids is 1. The van der Waals surface area contributed by atoms with Crippen LogP contribution in [0.1, 0.15) is 21.6 Å². The average Bonchev–Trinajstić information content (AvgIpc) is 2.62. The van der Waals surface area contributed by atoms with Crippen LogP contribution in [0.25, 0.3) is 0 Å². The lowest BCUT2D eigenvalue weighted by Crippen LogP contribution is -2.14. The third-order valence-corrected chi connectivity index (χ3v) is 4.09. The van der Waals surface area contributed by atoms with Crippen molar-refractivity contribution in [3.63, 3.8) is 0 Å². The maximum atomic E-state index is 12.3. The molecule has 1 aromatic heterocycles. The minimum Gasteiger partial charge on any atom is -0.366 e. The van der Waals surface area contributed by atoms with Gasteiger partial charge in [0.1, 0.15) is 17.8 Å². The molecule has 0 aliphatic carbocycles. The summed E-state index contributed by atoms with van der Waals surface area (Å²) in [5.74, 6) is 0.334. The SMILES string of the molecule is Cc1cccc(CNc2cc(C(=O)Nc3ccc(Br)cc3)ncn2)c1. The Morgan fingerprint density at radius 2 is 1.88 bits per heavy atom. The van der Waals surface area contributed by atoms with Crippen molar-refractivity contribution in [2.45, 2.75) is 13.5 Å². The molecule has 5 nitrogen and oxygen atoms in total. The normalized spacial score (nSPS) is 10.3. The van der Waals surface area contributed by atoms with Crippen LogP contribution < -0.4 is 10.6 Å². The van der Waals surface area contributed by atoms with Gasteiger partial charge in [-0.1, -0.05) is 45.8 Å². The highest BCUT2D eigenvalue weighted by molar-refractivity contribution is 9.10. The Hall–Kier alpha value is -2.73. The average molecular weight is 397 g/mol. The highest BCUT2D eigenvalue weighted by atomic mass is 79.9. The van der Waals surface area contributed by atoms with Crippen molar-refractivity contribution in [2.24, 2.45) is 0 Å². The number of benzene rings is 2. The Kier molecular flexibility index (Phi) is 5.40. The van der Waals surface area contributed by atoms with Gasteiger partial charge in [0, 0.05) is 22.8 Å². The molecule has 0 bridgehead atoms. The van der Waals surface area contributed by atoms with Crippen LogP contribution >= 0.6 is 15.9 Å². The number of hydrogen-bond donors (Lipinski definition) is 2. The largest absolute Gasteiger partial charge is 0.366 e. The molecule has 1 amide bonds. The smallest absolute Gasteiger partial charge is 0.274 e. The van der Waals surface area contributed by atoms with E-state index in [4.69, 9.17) is 0 Å². The molecule has 126 valence electrons. The fourth-order valence-corrected chi connectivity index (χ4v) is 2.59. The van der Waals surface area contributed by atoms with E-state index in [1.54, 1.807) is 6.07 Å². The van der Waals surface area contributed by atoms with Crippen LogP contribution in [0, 0.1) is 6.92 Å². The van der Waals surface area contributed by atoms with Gasteiger partial charge in [-0.15, -0.1) is 0 Å². The molecule has 0 aliphatic heterocycles. The van der Waals surface area contributed by atoms with Crippen LogP contribution in [0.3, 0.4) is 0 Å². The molecule has 0 aliphatic rings. The number of nitrogens with zero attached hydrogens (tertiary/aromatic N) is 2. The van der Waals surface area contributed by atoms with Crippen molar-refractivity contribution in [1.82, 2.24) is 9.97 Å². The highest BCUT2D eigenvalue weighted by Gasteiger charge is 2.09. The van der Waals surface area contributed by atoms with Gasteiger partial charge in [-0.25, -0.2) is 9.97 Å². The van der Waals surface area contributed by atoms with Crippen molar-refractivity contribution in [3.8, 4) is 0 Å². The summed E-state index contributed by atoms with van der Waals surface area (Å²) in [5.41, 5.74) is 3.38. The lowest BCUT2D eigenvalue weighted by molar-refractivity contribution is 0.102. The zero-order valence-electron chi connectivity index (χ0n) is 13.7. The van der Waals surface area contributed by atoms with Gasteiger partial charge in [0.2, 0.25) is 0 Å². The quantitative estimate of drug-likeness (QED) is 0.669. The number of aromatic nitrogens is 2. The molecule has 0 spiro atoms. The van der Waals surface area contributed by atoms with Gasteiger partial charge >= 0.3 is 0 Å². The maximum Gasteiger partial charge on any atom is 0.274 e. The Labute approximate surface area is 154 Å². The van der Waals surface area contributed by atoms with Gasteiger partial charge in [-0.05, 0) is 36.8 Å². The lowest BCUT2D eigenvalue weighted by atomic mass is 10.1. The number of hydrogen-bond acceptors (Lipinski definition) is 4. The molecule has 0 radical (unpaired) electrons. The number of amides is 1. The van der Waals surface area contributed by atoms with E-state index in [-0.39, 0.29) is 5.91 Å². The van der Waals surface area contributed by atoms with Gasteiger partial charge in [-0.3, -0.25) is 4.79 Å². The van der Waals surface area contributed by atoms with Crippen LogP contribution in [-0.2, 0) is 6.54 Å². The summed E-state index contributed by atoms with van der Waals surface area (Å²) in [4.78, 5) is 20.5. The second kappa shape index (κ2) is 7.90. The van der Waals surface area contributed by atoms with E-state index in [9.17, 15) is 4.79 Å². The minimum atomic E-state index is -0.275. The fraction of sp³-hybridized carbons (Fsp3) is 0.105. The number of carbonyl (C=O) groups is 1. The zero-order valence-corrected chi connectivity index (χ0v) is 15.2. The number of anilines is 2. The summed E-state index contributed by atoms with van der Waals surface area (Å²) >= 11 is 3.37. The van der Waals surface area contributed by atoms with Gasteiger partial charge in [0.15, 0.2) is 0 Å². The van der Waals surface area contributed by atoms with Crippen molar-refractivity contribution >= 4 is 33.3 Å². The monoisotopic (exact) mass is 396 g/mol. The number of halogens is 1. The standard InChI is InChI=1S/C19H17BrN4O/c1-13-3-2-4-14(9-13)11-21-18-10-17(22-12-23-18)19(25)24-16-7-5-15(20)6-8-16/h2-10,12H,11H2,1H3,(H,24,25)(H,21,22,23). The van der Waals surface area contributed by atoms with Crippen LogP contribution in [0.5, 0.6) is 0 Å². The van der Waals surface area contributed by atoms with Crippen molar-refractivity contribution in [2.75, 3.05) is 10.6 Å². The number of nitrogens with one attached hydrogen (secondary N) is 2. The molecular weight excluding hydrogens is 380 g/mol. The Balaban J connectivity index is 1.66. The number of aryl methyl sites for hydroxylation is 1. The second-order valence-corrected chi connectivity index (χ2v) is 6.51. The molecule has 3 rings (SSSR count). The fourth-order valence-electron chi connectivity index (χ4n) is 2.32. The molecule has 2 N–H and O–H groups in total. The Morgan fingerprint density at radius 1 is 1.08 bits per heavy atom. The molecule has 0 atom stereocenters. The van der Waals surface area contributed by atoms with Crippen molar-refractivity contribution < 1.29 is 4.79 Å². The summed E-state index contributed by atoms with van der Waals surface area (Å²) in [6, 6.07) is 17.2. The first kappa shape index (κ1) is 17.1. The first-order valence-electron chi connectivity index (χ1n) is 7.78. The summed E-state index contributed by atoms with van der Waals surface area (Å²) in [7, 11) is 0. The van der Waals surface area contributed by atoms with E-state index in [0.29, 0.717) is 23.7 Å². The van der Waals surface area contributed by atoms with Gasteiger partial charge in [-0.2, -0.15) is 0 Å². The third-order valence-electron chi connectivity index (χ3n) is 3.56. The third kappa shape index (κ3) is 4.87. The summed E-state index contributed by atoms with van der Waals surface area (Å²) < 4.78 is 0.954. The van der Waals surface area contributed by atoms with E-state index < -0.39 is 0 Å². The summed E-state index contributed by atoms with van der Waals surface area (Å²) in [6.07, 6.45) is 1.38. The number of rotatable bonds is 5. The van der Waals surface area contributed by atoms with Gasteiger partial charge in [0.25, 0.3) is 5.91 Å². The van der Waals surface area contributed by atoms with E-state index in [2.05, 4.69) is 55.6 Å².